The summed E-state index contributed by atoms with van der Waals surface area (Å²) >= 11 is 0. The lowest BCUT2D eigenvalue weighted by Gasteiger charge is -2.18. The van der Waals surface area contributed by atoms with Gasteiger partial charge in [0.1, 0.15) is 13.2 Å². The van der Waals surface area contributed by atoms with Crippen molar-refractivity contribution < 1.29 is 28.6 Å². The van der Waals surface area contributed by atoms with Gasteiger partial charge in [-0.2, -0.15) is 0 Å². The Morgan fingerprint density at radius 3 is 0.870 bits per heavy atom. The Kier molecular flexibility index (Phi) is 59.0. The van der Waals surface area contributed by atoms with Crippen LogP contribution in [0.3, 0.4) is 0 Å². The number of carbonyl (C=O) groups is 3. The minimum atomic E-state index is -0.837. The Balaban J connectivity index is 4.61. The molecule has 0 saturated heterocycles. The Labute approximate surface area is 472 Å². The molecule has 0 N–H and O–H groups in total. The lowest BCUT2D eigenvalue weighted by molar-refractivity contribution is -0.167. The van der Waals surface area contributed by atoms with Crippen molar-refractivity contribution in [2.24, 2.45) is 0 Å². The summed E-state index contributed by atoms with van der Waals surface area (Å²) in [5.74, 6) is -1.05. The van der Waals surface area contributed by atoms with Crippen LogP contribution >= 0.6 is 0 Å². The summed E-state index contributed by atoms with van der Waals surface area (Å²) in [6.07, 6.45) is 93.5. The summed E-state index contributed by atoms with van der Waals surface area (Å²) < 4.78 is 16.8. The van der Waals surface area contributed by atoms with E-state index < -0.39 is 6.10 Å². The van der Waals surface area contributed by atoms with Crippen molar-refractivity contribution in [3.05, 3.63) is 170 Å². The lowest BCUT2D eigenvalue weighted by Crippen LogP contribution is -2.30. The highest BCUT2D eigenvalue weighted by atomic mass is 16.6. The van der Waals surface area contributed by atoms with E-state index in [1.54, 1.807) is 0 Å². The maximum Gasteiger partial charge on any atom is 0.306 e. The van der Waals surface area contributed by atoms with Gasteiger partial charge in [0.2, 0.25) is 0 Å². The number of esters is 3. The van der Waals surface area contributed by atoms with Crippen LogP contribution in [0.2, 0.25) is 0 Å². The fraction of sp³-hybridized carbons (Fsp3) is 0.563. The number of ether oxygens (including phenoxy) is 3. The average Bonchev–Trinajstić information content (AvgIpc) is 3.43. The van der Waals surface area contributed by atoms with Crippen LogP contribution in [-0.4, -0.2) is 37.2 Å². The van der Waals surface area contributed by atoms with Gasteiger partial charge < -0.3 is 14.2 Å². The van der Waals surface area contributed by atoms with Crippen molar-refractivity contribution in [3.8, 4) is 0 Å². The maximum atomic E-state index is 12.9. The predicted molar refractivity (Wildman–Crippen MR) is 334 cm³/mol. The largest absolute Gasteiger partial charge is 0.462 e. The molecule has 0 aliphatic rings. The molecule has 0 aromatic heterocycles. The molecular formula is C71H110O6. The summed E-state index contributed by atoms with van der Waals surface area (Å²) in [5, 5.41) is 0. The fourth-order valence-electron chi connectivity index (χ4n) is 7.66. The van der Waals surface area contributed by atoms with Crippen LogP contribution in [0.4, 0.5) is 0 Å². The van der Waals surface area contributed by atoms with E-state index in [4.69, 9.17) is 14.2 Å². The summed E-state index contributed by atoms with van der Waals surface area (Å²) in [7, 11) is 0. The molecule has 0 radical (unpaired) electrons. The fourth-order valence-corrected chi connectivity index (χ4v) is 7.66. The van der Waals surface area contributed by atoms with Gasteiger partial charge in [0, 0.05) is 19.3 Å². The van der Waals surface area contributed by atoms with Crippen molar-refractivity contribution in [3.63, 3.8) is 0 Å². The molecule has 0 rings (SSSR count). The number of hydrogen-bond donors (Lipinski definition) is 0. The second kappa shape index (κ2) is 63.3. The van der Waals surface area contributed by atoms with Gasteiger partial charge in [0.15, 0.2) is 6.10 Å². The van der Waals surface area contributed by atoms with E-state index in [2.05, 4.69) is 191 Å². The number of rotatable bonds is 53. The number of unbranched alkanes of at least 4 members (excludes halogenated alkanes) is 14. The molecule has 77 heavy (non-hydrogen) atoms. The number of carbonyl (C=O) groups excluding carboxylic acids is 3. The molecule has 0 aromatic rings. The van der Waals surface area contributed by atoms with Gasteiger partial charge in [-0.3, -0.25) is 14.4 Å². The third kappa shape index (κ3) is 61.5. The molecule has 0 aromatic carbocycles. The van der Waals surface area contributed by atoms with Gasteiger partial charge in [-0.15, -0.1) is 0 Å². The van der Waals surface area contributed by atoms with Crippen molar-refractivity contribution in [1.29, 1.82) is 0 Å². The van der Waals surface area contributed by atoms with E-state index in [-0.39, 0.29) is 50.4 Å². The molecule has 6 heteroatoms. The van der Waals surface area contributed by atoms with E-state index in [1.165, 1.54) is 51.4 Å². The molecular weight excluding hydrogens is 949 g/mol. The highest BCUT2D eigenvalue weighted by molar-refractivity contribution is 5.71. The van der Waals surface area contributed by atoms with E-state index in [1.807, 2.05) is 0 Å². The van der Waals surface area contributed by atoms with E-state index >= 15 is 0 Å². The Hall–Kier alpha value is -5.23. The first-order valence-corrected chi connectivity index (χ1v) is 30.6. The van der Waals surface area contributed by atoms with E-state index in [0.29, 0.717) is 12.8 Å². The molecule has 430 valence electrons. The van der Waals surface area contributed by atoms with Gasteiger partial charge >= 0.3 is 17.9 Å². The minimum absolute atomic E-state index is 0.133. The van der Waals surface area contributed by atoms with Crippen LogP contribution in [0.25, 0.3) is 0 Å². The number of hydrogen-bond acceptors (Lipinski definition) is 6. The van der Waals surface area contributed by atoms with Crippen molar-refractivity contribution in [2.75, 3.05) is 13.2 Å². The first-order valence-electron chi connectivity index (χ1n) is 30.6. The Morgan fingerprint density at radius 1 is 0.273 bits per heavy atom. The molecule has 0 amide bonds. The summed E-state index contributed by atoms with van der Waals surface area (Å²) in [6.45, 7) is 6.29. The first kappa shape index (κ1) is 71.8. The van der Waals surface area contributed by atoms with Crippen LogP contribution in [0, 0.1) is 0 Å². The summed E-state index contributed by atoms with van der Waals surface area (Å²) in [6, 6.07) is 0. The molecule has 0 bridgehead atoms. The molecule has 1 unspecified atom stereocenters. The van der Waals surface area contributed by atoms with Crippen LogP contribution in [0.1, 0.15) is 239 Å². The van der Waals surface area contributed by atoms with Gasteiger partial charge in [-0.25, -0.2) is 0 Å². The SMILES string of the molecule is CC/C=C\C/C=C\C/C=C\C/C=C\C/C=C\C/C=C\CCCCC(=O)OCC(COC(=O)CCC/C=C\C/C=C\C/C=C\C/C=C\C/C=C\CC)OC(=O)CCCCCCCC/C=C\C/C=C\C/C=C\CCCCCCC. The van der Waals surface area contributed by atoms with Crippen molar-refractivity contribution in [1.82, 2.24) is 0 Å². The zero-order valence-electron chi connectivity index (χ0n) is 49.1. The topological polar surface area (TPSA) is 78.9 Å². The van der Waals surface area contributed by atoms with Crippen LogP contribution < -0.4 is 0 Å². The molecule has 0 heterocycles. The zero-order valence-corrected chi connectivity index (χ0v) is 49.1. The van der Waals surface area contributed by atoms with E-state index in [0.717, 1.165) is 135 Å². The van der Waals surface area contributed by atoms with Gasteiger partial charge in [-0.1, -0.05) is 242 Å². The molecule has 0 spiro atoms. The monoisotopic (exact) mass is 1060 g/mol. The molecule has 6 nitrogen and oxygen atoms in total. The molecule has 0 fully saturated rings. The third-order valence-corrected chi connectivity index (χ3v) is 12.2. The van der Waals surface area contributed by atoms with Gasteiger partial charge in [-0.05, 0) is 148 Å². The van der Waals surface area contributed by atoms with E-state index in [9.17, 15) is 14.4 Å². The predicted octanol–water partition coefficient (Wildman–Crippen LogP) is 21.1. The lowest BCUT2D eigenvalue weighted by atomic mass is 10.1. The molecule has 1 atom stereocenters. The average molecular weight is 1060 g/mol. The summed E-state index contributed by atoms with van der Waals surface area (Å²) in [5.41, 5.74) is 0. The first-order chi connectivity index (χ1) is 38.0. The van der Waals surface area contributed by atoms with Gasteiger partial charge in [0.05, 0.1) is 0 Å². The Morgan fingerprint density at radius 2 is 0.519 bits per heavy atom. The highest BCUT2D eigenvalue weighted by Crippen LogP contribution is 2.12. The Bertz CT molecular complexity index is 1790. The second-order valence-electron chi connectivity index (χ2n) is 19.5. The quantitative estimate of drug-likeness (QED) is 0.0261. The number of allylic oxidation sites excluding steroid dienone is 28. The highest BCUT2D eigenvalue weighted by Gasteiger charge is 2.19. The van der Waals surface area contributed by atoms with Crippen LogP contribution in [0.15, 0.2) is 170 Å². The normalized spacial score (nSPS) is 13.3. The summed E-state index contributed by atoms with van der Waals surface area (Å²) in [4.78, 5) is 38.3. The smallest absolute Gasteiger partial charge is 0.306 e. The van der Waals surface area contributed by atoms with Crippen LogP contribution in [-0.2, 0) is 28.6 Å². The van der Waals surface area contributed by atoms with Crippen molar-refractivity contribution >= 4 is 17.9 Å². The van der Waals surface area contributed by atoms with Crippen LogP contribution in [0.5, 0.6) is 0 Å². The third-order valence-electron chi connectivity index (χ3n) is 12.2. The second-order valence-corrected chi connectivity index (χ2v) is 19.5. The molecule has 0 aliphatic heterocycles. The maximum absolute atomic E-state index is 12.9. The van der Waals surface area contributed by atoms with Crippen molar-refractivity contribution in [2.45, 2.75) is 245 Å². The molecule has 0 aliphatic carbocycles. The van der Waals surface area contributed by atoms with Gasteiger partial charge in [0.25, 0.3) is 0 Å². The standard InChI is InChI=1S/C71H110O6/c1-4-7-10-13-16-19-22-25-28-31-33-35-37-40-43-46-49-52-55-58-61-64-70(73)76-67-68(66-75-69(72)63-60-57-54-51-48-45-42-39-30-27-24-21-18-15-12-9-6-3)77-71(74)65-62-59-56-53-50-47-44-41-38-36-34-32-29-26-23-20-17-14-11-8-5-2/h7,9-10,12,16,18-19,21,23,25-28,30,32-35,38,40-43,45,49,51-52,54,68H,4-6,8,11,13-15,17,20,22,24,29,31,36-37,39,44,46-48,50,53,55-67H2,1-3H3/b10-7-,12-9-,19-16-,21-18-,26-23-,28-25-,30-27-,34-32-,35-33-,41-38-,43-40-,45-42-,52-49-,54-51-. The zero-order chi connectivity index (χ0) is 55.7. The minimum Gasteiger partial charge on any atom is -0.462 e. The molecule has 0 saturated carbocycles.